The topological polar surface area (TPSA) is 26.3 Å². The van der Waals surface area contributed by atoms with Gasteiger partial charge < -0.3 is 4.74 Å². The van der Waals surface area contributed by atoms with Crippen LogP contribution in [0.5, 0.6) is 0 Å². The molecule has 0 unspecified atom stereocenters. The van der Waals surface area contributed by atoms with E-state index in [9.17, 15) is 4.79 Å². The van der Waals surface area contributed by atoms with Gasteiger partial charge in [-0.1, -0.05) is 6.08 Å². The summed E-state index contributed by atoms with van der Waals surface area (Å²) < 4.78 is 5.20. The van der Waals surface area contributed by atoms with E-state index in [1.807, 2.05) is 11.8 Å². The van der Waals surface area contributed by atoms with E-state index in [4.69, 9.17) is 4.74 Å². The van der Waals surface area contributed by atoms with E-state index in [0.717, 1.165) is 35.0 Å². The van der Waals surface area contributed by atoms with Crippen LogP contribution in [0.25, 0.3) is 0 Å². The van der Waals surface area contributed by atoms with Gasteiger partial charge in [0, 0.05) is 16.1 Å². The number of carbonyl (C=O) groups is 1. The first-order valence-corrected chi connectivity index (χ1v) is 8.14. The Morgan fingerprint density at radius 2 is 1.83 bits per heavy atom. The predicted molar refractivity (Wildman–Crippen MR) is 72.3 cm³/mol. The third-order valence-electron chi connectivity index (χ3n) is 5.74. The van der Waals surface area contributed by atoms with E-state index in [0.29, 0.717) is 4.75 Å². The van der Waals surface area contributed by atoms with Crippen LogP contribution >= 0.6 is 11.8 Å². The van der Waals surface area contributed by atoms with Crippen molar-refractivity contribution in [2.24, 2.45) is 23.7 Å². The summed E-state index contributed by atoms with van der Waals surface area (Å²) in [5, 5.41) is 0. The van der Waals surface area contributed by atoms with Gasteiger partial charge in [0.25, 0.3) is 0 Å². The Morgan fingerprint density at radius 1 is 1.22 bits per heavy atom. The number of hydrogen-bond donors (Lipinski definition) is 0. The van der Waals surface area contributed by atoms with Crippen molar-refractivity contribution in [1.82, 2.24) is 0 Å². The molecule has 1 heterocycles. The van der Waals surface area contributed by atoms with Gasteiger partial charge in [-0.15, -0.1) is 11.8 Å². The highest BCUT2D eigenvalue weighted by atomic mass is 32.2. The van der Waals surface area contributed by atoms with Crippen LogP contribution in [0.3, 0.4) is 0 Å². The quantitative estimate of drug-likeness (QED) is 0.681. The lowest BCUT2D eigenvalue weighted by Gasteiger charge is -2.59. The second kappa shape index (κ2) is 3.78. The zero-order chi connectivity index (χ0) is 12.3. The first kappa shape index (κ1) is 11.4. The molecule has 0 amide bonds. The van der Waals surface area contributed by atoms with Crippen molar-refractivity contribution in [3.63, 3.8) is 0 Å². The Bertz CT molecular complexity index is 398. The molecule has 4 aliphatic carbocycles. The predicted octanol–water partition coefficient (Wildman–Crippen LogP) is 3.03. The van der Waals surface area contributed by atoms with Crippen LogP contribution in [0.4, 0.5) is 0 Å². The Hall–Kier alpha value is -0.440. The SMILES string of the molecule is COC(=O)C1=CC2(SC1)C1CC3CC(C1)CC2C3. The molecule has 2 nitrogen and oxygen atoms in total. The molecule has 4 fully saturated rings. The largest absolute Gasteiger partial charge is 0.466 e. The second-order valence-corrected chi connectivity index (χ2v) is 7.89. The summed E-state index contributed by atoms with van der Waals surface area (Å²) in [7, 11) is 1.50. The molecule has 1 spiro atoms. The lowest BCUT2D eigenvalue weighted by molar-refractivity contribution is -0.136. The summed E-state index contributed by atoms with van der Waals surface area (Å²) in [6.45, 7) is 0. The minimum atomic E-state index is -0.104. The van der Waals surface area contributed by atoms with Crippen LogP contribution in [0, 0.1) is 23.7 Å². The van der Waals surface area contributed by atoms with Crippen molar-refractivity contribution >= 4 is 17.7 Å². The summed E-state index contributed by atoms with van der Waals surface area (Å²) in [5.41, 5.74) is 0.926. The van der Waals surface area contributed by atoms with E-state index in [-0.39, 0.29) is 5.97 Å². The maximum atomic E-state index is 11.7. The average molecular weight is 264 g/mol. The number of ether oxygens (including phenoxy) is 1. The summed E-state index contributed by atoms with van der Waals surface area (Å²) in [6.07, 6.45) is 9.43. The van der Waals surface area contributed by atoms with Gasteiger partial charge in [-0.2, -0.15) is 0 Å². The van der Waals surface area contributed by atoms with Gasteiger partial charge in [0.05, 0.1) is 7.11 Å². The number of rotatable bonds is 1. The first-order chi connectivity index (χ1) is 8.71. The van der Waals surface area contributed by atoms with Crippen LogP contribution in [-0.2, 0) is 9.53 Å². The molecule has 1 aliphatic heterocycles. The number of hydrogen-bond acceptors (Lipinski definition) is 3. The maximum absolute atomic E-state index is 11.7. The van der Waals surface area contributed by atoms with Gasteiger partial charge >= 0.3 is 5.97 Å². The lowest BCUT2D eigenvalue weighted by Crippen LogP contribution is -2.54. The van der Waals surface area contributed by atoms with Crippen molar-refractivity contribution in [3.05, 3.63) is 11.6 Å². The average Bonchev–Trinajstić information content (AvgIpc) is 2.80. The normalized spacial score (nSPS) is 48.6. The standard InChI is InChI=1S/C15H20O2S/c1-17-14(16)11-7-15(18-8-11)12-3-9-2-10(5-12)6-13(15)4-9/h7,9-10,12-13H,2-6,8H2,1H3. The minimum Gasteiger partial charge on any atom is -0.466 e. The van der Waals surface area contributed by atoms with Gasteiger partial charge in [0.1, 0.15) is 0 Å². The summed E-state index contributed by atoms with van der Waals surface area (Å²) in [4.78, 5) is 11.7. The Morgan fingerprint density at radius 3 is 2.39 bits per heavy atom. The van der Waals surface area contributed by atoms with Gasteiger partial charge in [0.15, 0.2) is 0 Å². The van der Waals surface area contributed by atoms with E-state index < -0.39 is 0 Å². The van der Waals surface area contributed by atoms with Gasteiger partial charge in [-0.05, 0) is 55.8 Å². The second-order valence-electron chi connectivity index (χ2n) is 6.61. The molecule has 0 N–H and O–H groups in total. The molecular formula is C15H20O2S. The van der Waals surface area contributed by atoms with Gasteiger partial charge in [-0.3, -0.25) is 0 Å². The third-order valence-corrected chi connectivity index (χ3v) is 7.48. The zero-order valence-corrected chi connectivity index (χ0v) is 11.7. The van der Waals surface area contributed by atoms with Crippen LogP contribution in [0.2, 0.25) is 0 Å². The summed E-state index contributed by atoms with van der Waals surface area (Å²) in [5.74, 6) is 4.42. The fraction of sp³-hybridized carbons (Fsp3) is 0.800. The first-order valence-electron chi connectivity index (χ1n) is 7.15. The van der Waals surface area contributed by atoms with Crippen molar-refractivity contribution < 1.29 is 9.53 Å². The number of thioether (sulfide) groups is 1. The molecule has 0 radical (unpaired) electrons. The van der Waals surface area contributed by atoms with E-state index in [1.165, 1.54) is 39.2 Å². The van der Waals surface area contributed by atoms with Gasteiger partial charge in [0.2, 0.25) is 0 Å². The van der Waals surface area contributed by atoms with Gasteiger partial charge in [-0.25, -0.2) is 4.79 Å². The number of carbonyl (C=O) groups excluding carboxylic acids is 1. The van der Waals surface area contributed by atoms with Crippen LogP contribution in [0.1, 0.15) is 32.1 Å². The highest BCUT2D eigenvalue weighted by molar-refractivity contribution is 8.01. The molecule has 18 heavy (non-hydrogen) atoms. The smallest absolute Gasteiger partial charge is 0.334 e. The van der Waals surface area contributed by atoms with Crippen LogP contribution in [0.15, 0.2) is 11.6 Å². The van der Waals surface area contributed by atoms with E-state index in [2.05, 4.69) is 6.08 Å². The van der Waals surface area contributed by atoms with Crippen molar-refractivity contribution in [2.45, 2.75) is 36.9 Å². The third kappa shape index (κ3) is 1.40. The molecule has 0 aromatic heterocycles. The van der Waals surface area contributed by atoms with Crippen LogP contribution in [-0.4, -0.2) is 23.6 Å². The fourth-order valence-electron chi connectivity index (χ4n) is 5.20. The highest BCUT2D eigenvalue weighted by Crippen LogP contribution is 2.65. The molecule has 0 aromatic rings. The number of esters is 1. The van der Waals surface area contributed by atoms with Crippen molar-refractivity contribution in [1.29, 1.82) is 0 Å². The van der Waals surface area contributed by atoms with E-state index >= 15 is 0 Å². The molecule has 0 aromatic carbocycles. The molecule has 4 bridgehead atoms. The zero-order valence-electron chi connectivity index (χ0n) is 10.9. The highest BCUT2D eigenvalue weighted by Gasteiger charge is 2.58. The fourth-order valence-corrected chi connectivity index (χ4v) is 6.89. The molecule has 0 saturated heterocycles. The monoisotopic (exact) mass is 264 g/mol. The molecule has 98 valence electrons. The number of methoxy groups -OCH3 is 1. The Balaban J connectivity index is 1.68. The van der Waals surface area contributed by atoms with Crippen molar-refractivity contribution in [2.75, 3.05) is 12.9 Å². The molecular weight excluding hydrogens is 244 g/mol. The molecule has 5 rings (SSSR count). The summed E-state index contributed by atoms with van der Waals surface area (Å²) in [6, 6.07) is 0. The molecule has 4 saturated carbocycles. The Labute approximate surface area is 113 Å². The minimum absolute atomic E-state index is 0.104. The molecule has 3 heteroatoms. The molecule has 5 aliphatic rings. The maximum Gasteiger partial charge on any atom is 0.334 e. The van der Waals surface area contributed by atoms with Crippen molar-refractivity contribution in [3.8, 4) is 0 Å². The van der Waals surface area contributed by atoms with Crippen LogP contribution < -0.4 is 0 Å². The summed E-state index contributed by atoms with van der Waals surface area (Å²) >= 11 is 2.04. The Kier molecular flexibility index (Phi) is 2.39. The lowest BCUT2D eigenvalue weighted by atomic mass is 9.51. The van der Waals surface area contributed by atoms with E-state index in [1.54, 1.807) is 0 Å². The molecule has 0 atom stereocenters.